The first-order chi connectivity index (χ1) is 14.5. The molecule has 0 aromatic heterocycles. The molecule has 0 saturated heterocycles. The summed E-state index contributed by atoms with van der Waals surface area (Å²) in [5, 5.41) is 11.3. The molecule has 30 heavy (non-hydrogen) atoms. The fourth-order valence-electron chi connectivity index (χ4n) is 3.87. The van der Waals surface area contributed by atoms with Gasteiger partial charge < -0.3 is 0 Å². The van der Waals surface area contributed by atoms with E-state index in [9.17, 15) is 19.7 Å². The van der Waals surface area contributed by atoms with E-state index in [0.717, 1.165) is 16.0 Å². The van der Waals surface area contributed by atoms with Crippen molar-refractivity contribution in [3.8, 4) is 0 Å². The number of benzene rings is 3. The summed E-state index contributed by atoms with van der Waals surface area (Å²) in [6.45, 7) is -0.00203. The van der Waals surface area contributed by atoms with Gasteiger partial charge in [-0.1, -0.05) is 66.7 Å². The van der Waals surface area contributed by atoms with Crippen LogP contribution in [0.4, 0.5) is 5.69 Å². The molecular weight excluding hydrogens is 382 g/mol. The second-order valence-electron chi connectivity index (χ2n) is 7.12. The summed E-state index contributed by atoms with van der Waals surface area (Å²) < 4.78 is 0. The third kappa shape index (κ3) is 3.35. The summed E-state index contributed by atoms with van der Waals surface area (Å²) in [4.78, 5) is 39.5. The molecule has 0 radical (unpaired) electrons. The van der Waals surface area contributed by atoms with Crippen LogP contribution in [0.5, 0.6) is 0 Å². The first kappa shape index (κ1) is 19.5. The van der Waals surface area contributed by atoms with Crippen LogP contribution < -0.4 is 0 Å². The van der Waals surface area contributed by atoms with Gasteiger partial charge in [-0.25, -0.2) is 0 Å². The molecule has 1 aliphatic heterocycles. The van der Waals surface area contributed by atoms with Crippen molar-refractivity contribution in [2.75, 3.05) is 13.7 Å². The maximum absolute atomic E-state index is 12.9. The number of carbonyl (C=O) groups excluding carboxylic acids is 2. The highest BCUT2D eigenvalue weighted by Crippen LogP contribution is 2.33. The van der Waals surface area contributed by atoms with Gasteiger partial charge in [-0.3, -0.25) is 29.5 Å². The van der Waals surface area contributed by atoms with E-state index in [4.69, 9.17) is 0 Å². The van der Waals surface area contributed by atoms with Gasteiger partial charge in [0.05, 0.1) is 23.2 Å². The zero-order valence-electron chi connectivity index (χ0n) is 16.3. The lowest BCUT2D eigenvalue weighted by Gasteiger charge is -2.31. The first-order valence-electron chi connectivity index (χ1n) is 9.42. The monoisotopic (exact) mass is 401 g/mol. The quantitative estimate of drug-likeness (QED) is 0.356. The molecule has 3 aromatic carbocycles. The van der Waals surface area contributed by atoms with Gasteiger partial charge in [0.2, 0.25) is 0 Å². The molecule has 1 aliphatic rings. The van der Waals surface area contributed by atoms with Gasteiger partial charge >= 0.3 is 0 Å². The second kappa shape index (κ2) is 7.88. The van der Waals surface area contributed by atoms with E-state index in [1.54, 1.807) is 0 Å². The van der Waals surface area contributed by atoms with E-state index in [2.05, 4.69) is 0 Å². The number of imide groups is 1. The number of nitro groups is 1. The Hall–Kier alpha value is -3.84. The summed E-state index contributed by atoms with van der Waals surface area (Å²) in [6, 6.07) is 23.5. The van der Waals surface area contributed by atoms with Crippen LogP contribution in [0.3, 0.4) is 0 Å². The van der Waals surface area contributed by atoms with Gasteiger partial charge in [-0.05, 0) is 24.2 Å². The Morgan fingerprint density at radius 3 is 1.97 bits per heavy atom. The SMILES string of the molecule is CN(CN1C(=O)c2cccc([N+](=O)[O-])c2C1=O)C(c1ccccc1)c1ccccc1. The molecule has 0 spiro atoms. The number of hydrogen-bond acceptors (Lipinski definition) is 5. The standard InChI is InChI=1S/C23H19N3O4/c1-24(21(16-9-4-2-5-10-16)17-11-6-3-7-12-17)15-25-22(27)18-13-8-14-19(26(29)30)20(18)23(25)28/h2-14,21H,15H2,1H3. The molecule has 7 heteroatoms. The number of carbonyl (C=O) groups is 2. The molecule has 3 aromatic rings. The molecule has 0 aliphatic carbocycles. The van der Waals surface area contributed by atoms with Crippen molar-refractivity contribution < 1.29 is 14.5 Å². The summed E-state index contributed by atoms with van der Waals surface area (Å²) in [5.74, 6) is -1.17. The summed E-state index contributed by atoms with van der Waals surface area (Å²) in [5.41, 5.74) is 1.59. The minimum absolute atomic E-state index is 0.00203. The van der Waals surface area contributed by atoms with E-state index in [0.29, 0.717) is 0 Å². The minimum Gasteiger partial charge on any atom is -0.277 e. The lowest BCUT2D eigenvalue weighted by atomic mass is 9.98. The van der Waals surface area contributed by atoms with E-state index in [1.165, 1.54) is 18.2 Å². The number of hydrogen-bond donors (Lipinski definition) is 0. The van der Waals surface area contributed by atoms with Crippen molar-refractivity contribution in [1.29, 1.82) is 0 Å². The smallest absolute Gasteiger partial charge is 0.277 e. The normalized spacial score (nSPS) is 13.2. The van der Waals surface area contributed by atoms with E-state index in [-0.39, 0.29) is 29.5 Å². The Balaban J connectivity index is 1.67. The zero-order valence-corrected chi connectivity index (χ0v) is 16.3. The van der Waals surface area contributed by atoms with Crippen LogP contribution in [-0.4, -0.2) is 40.3 Å². The van der Waals surface area contributed by atoms with E-state index < -0.39 is 16.7 Å². The Kier molecular flexibility index (Phi) is 5.12. The Bertz CT molecular complexity index is 1080. The molecule has 0 N–H and O–H groups in total. The third-order valence-electron chi connectivity index (χ3n) is 5.21. The van der Waals surface area contributed by atoms with E-state index >= 15 is 0 Å². The molecule has 0 atom stereocenters. The van der Waals surface area contributed by atoms with Crippen LogP contribution in [0, 0.1) is 10.1 Å². The Morgan fingerprint density at radius 2 is 1.43 bits per heavy atom. The largest absolute Gasteiger partial charge is 0.282 e. The fourth-order valence-corrected chi connectivity index (χ4v) is 3.87. The van der Waals surface area contributed by atoms with Gasteiger partial charge in [-0.2, -0.15) is 0 Å². The highest BCUT2D eigenvalue weighted by molar-refractivity contribution is 6.23. The average molecular weight is 401 g/mol. The average Bonchev–Trinajstić information content (AvgIpc) is 3.00. The lowest BCUT2D eigenvalue weighted by molar-refractivity contribution is -0.385. The molecule has 0 unspecified atom stereocenters. The van der Waals surface area contributed by atoms with Crippen molar-refractivity contribution in [2.45, 2.75) is 6.04 Å². The molecule has 0 saturated carbocycles. The molecule has 150 valence electrons. The van der Waals surface area contributed by atoms with Crippen LogP contribution >= 0.6 is 0 Å². The molecule has 4 rings (SSSR count). The van der Waals surface area contributed by atoms with Gasteiger partial charge in [0.25, 0.3) is 17.5 Å². The zero-order chi connectivity index (χ0) is 21.3. The fraction of sp³-hybridized carbons (Fsp3) is 0.130. The van der Waals surface area contributed by atoms with E-state index in [1.807, 2.05) is 72.6 Å². The van der Waals surface area contributed by atoms with Crippen LogP contribution in [0.1, 0.15) is 37.9 Å². The molecule has 7 nitrogen and oxygen atoms in total. The highest BCUT2D eigenvalue weighted by Gasteiger charge is 2.41. The number of rotatable bonds is 6. The van der Waals surface area contributed by atoms with Crippen LogP contribution in [0.15, 0.2) is 78.9 Å². The number of nitrogens with zero attached hydrogens (tertiary/aromatic N) is 3. The van der Waals surface area contributed by atoms with Crippen LogP contribution in [-0.2, 0) is 0 Å². The molecule has 0 bridgehead atoms. The van der Waals surface area contributed by atoms with Crippen molar-refractivity contribution in [3.05, 3.63) is 111 Å². The maximum Gasteiger partial charge on any atom is 0.282 e. The maximum atomic E-state index is 12.9. The van der Waals surface area contributed by atoms with Crippen molar-refractivity contribution in [3.63, 3.8) is 0 Å². The lowest BCUT2D eigenvalue weighted by Crippen LogP contribution is -2.41. The van der Waals surface area contributed by atoms with Gasteiger partial charge in [0.15, 0.2) is 0 Å². The van der Waals surface area contributed by atoms with Gasteiger partial charge in [0, 0.05) is 6.07 Å². The van der Waals surface area contributed by atoms with Crippen molar-refractivity contribution in [1.82, 2.24) is 9.80 Å². The predicted molar refractivity (Wildman–Crippen MR) is 111 cm³/mol. The Morgan fingerprint density at radius 1 is 0.867 bits per heavy atom. The van der Waals surface area contributed by atoms with Crippen LogP contribution in [0.2, 0.25) is 0 Å². The number of fused-ring (bicyclic) bond motifs is 1. The third-order valence-corrected chi connectivity index (χ3v) is 5.21. The molecular formula is C23H19N3O4. The molecule has 2 amide bonds. The minimum atomic E-state index is -0.644. The topological polar surface area (TPSA) is 83.8 Å². The van der Waals surface area contributed by atoms with Crippen molar-refractivity contribution in [2.24, 2.45) is 0 Å². The van der Waals surface area contributed by atoms with Crippen LogP contribution in [0.25, 0.3) is 0 Å². The summed E-state index contributed by atoms with van der Waals surface area (Å²) in [7, 11) is 1.82. The summed E-state index contributed by atoms with van der Waals surface area (Å²) >= 11 is 0. The number of nitro benzene ring substituents is 1. The molecule has 1 heterocycles. The predicted octanol–water partition coefficient (Wildman–Crippen LogP) is 3.87. The summed E-state index contributed by atoms with van der Waals surface area (Å²) in [6.07, 6.45) is 0. The van der Waals surface area contributed by atoms with Gasteiger partial charge in [-0.15, -0.1) is 0 Å². The molecule has 0 fully saturated rings. The van der Waals surface area contributed by atoms with Gasteiger partial charge in [0.1, 0.15) is 5.56 Å². The highest BCUT2D eigenvalue weighted by atomic mass is 16.6. The number of amides is 2. The second-order valence-corrected chi connectivity index (χ2v) is 7.12. The Labute approximate surface area is 173 Å². The first-order valence-corrected chi connectivity index (χ1v) is 9.42. The van der Waals surface area contributed by atoms with Crippen molar-refractivity contribution >= 4 is 17.5 Å².